The predicted molar refractivity (Wildman–Crippen MR) is 140 cm³/mol. The number of carbonyl (C=O) groups is 3. The van der Waals surface area contributed by atoms with Gasteiger partial charge in [-0.25, -0.2) is 24.4 Å². The van der Waals surface area contributed by atoms with E-state index in [0.29, 0.717) is 12.0 Å². The molecule has 2 amide bonds. The Kier molecular flexibility index (Phi) is 10.5. The summed E-state index contributed by atoms with van der Waals surface area (Å²) >= 11 is 11.8. The summed E-state index contributed by atoms with van der Waals surface area (Å²) in [6.07, 6.45) is 0.668. The number of halogens is 2. The molecule has 2 aromatic rings. The molecule has 0 aliphatic heterocycles. The van der Waals surface area contributed by atoms with Crippen LogP contribution in [0.5, 0.6) is 0 Å². The number of anilines is 1. The van der Waals surface area contributed by atoms with Crippen LogP contribution >= 0.6 is 23.2 Å². The maximum absolute atomic E-state index is 12.9. The van der Waals surface area contributed by atoms with Gasteiger partial charge in [-0.05, 0) is 89.8 Å². The molecule has 0 unspecified atom stereocenters. The van der Waals surface area contributed by atoms with Gasteiger partial charge >= 0.3 is 18.2 Å². The Hall–Kier alpha value is -3.11. The summed E-state index contributed by atoms with van der Waals surface area (Å²) in [5, 5.41) is 5.47. The number of amides is 2. The van der Waals surface area contributed by atoms with E-state index in [2.05, 4.69) is 20.6 Å². The van der Waals surface area contributed by atoms with Crippen LogP contribution in [0, 0.1) is 0 Å². The molecule has 1 atom stereocenters. The molecule has 10 nitrogen and oxygen atoms in total. The summed E-state index contributed by atoms with van der Waals surface area (Å²) in [6, 6.07) is 5.41. The number of nitrogens with zero attached hydrogens (tertiary/aromatic N) is 2. The van der Waals surface area contributed by atoms with Crippen molar-refractivity contribution < 1.29 is 28.6 Å². The minimum Gasteiger partial charge on any atom is -0.459 e. The van der Waals surface area contributed by atoms with Crippen LogP contribution in [0.15, 0.2) is 30.5 Å². The number of hydrogen-bond acceptors (Lipinski definition) is 8. The smallest absolute Gasteiger partial charge is 0.413 e. The number of rotatable bonds is 8. The van der Waals surface area contributed by atoms with Crippen LogP contribution < -0.4 is 10.6 Å². The summed E-state index contributed by atoms with van der Waals surface area (Å²) in [5.74, 6) is -0.381. The number of esters is 1. The molecule has 0 radical (unpaired) electrons. The molecule has 0 spiro atoms. The van der Waals surface area contributed by atoms with E-state index in [1.54, 1.807) is 53.7 Å². The van der Waals surface area contributed by atoms with E-state index in [1.807, 2.05) is 0 Å². The van der Waals surface area contributed by atoms with Crippen LogP contribution in [0.1, 0.15) is 59.1 Å². The Labute approximate surface area is 226 Å². The fourth-order valence-electron chi connectivity index (χ4n) is 2.97. The van der Waals surface area contributed by atoms with Crippen molar-refractivity contribution in [1.29, 1.82) is 0 Å². The van der Waals surface area contributed by atoms with E-state index in [4.69, 9.17) is 37.4 Å². The lowest BCUT2D eigenvalue weighted by Crippen LogP contribution is -2.44. The first kappa shape index (κ1) is 30.1. The van der Waals surface area contributed by atoms with Crippen molar-refractivity contribution >= 4 is 47.2 Å². The topological polar surface area (TPSA) is 129 Å². The third kappa shape index (κ3) is 12.1. The zero-order valence-electron chi connectivity index (χ0n) is 21.7. The van der Waals surface area contributed by atoms with Gasteiger partial charge in [-0.1, -0.05) is 23.2 Å². The molecule has 2 rings (SSSR count). The highest BCUT2D eigenvalue weighted by atomic mass is 35.5. The standard InChI is InChI=1S/C25H32Cl2N4O6/c1-24(2,3)36-22(33)29-17(21(32)35-14-16-11-18(26)30-19(27)12-16)8-7-15-9-10-28-20(13-15)31-23(34)37-25(4,5)6/h9-13,17H,7-8,14H2,1-6H3,(H,29,33)(H,28,31,34)/t17-/m0/s1. The molecule has 0 bridgehead atoms. The van der Waals surface area contributed by atoms with Crippen LogP contribution in [0.3, 0.4) is 0 Å². The number of carbonyl (C=O) groups excluding carboxylic acids is 3. The number of aryl methyl sites for hydroxylation is 1. The van der Waals surface area contributed by atoms with Crippen molar-refractivity contribution in [3.63, 3.8) is 0 Å². The van der Waals surface area contributed by atoms with E-state index < -0.39 is 35.4 Å². The van der Waals surface area contributed by atoms with Gasteiger partial charge in [-0.2, -0.15) is 0 Å². The van der Waals surface area contributed by atoms with Crippen molar-refractivity contribution in [3.05, 3.63) is 51.9 Å². The molecule has 0 fully saturated rings. The highest BCUT2D eigenvalue weighted by Gasteiger charge is 2.26. The molecule has 202 valence electrons. The molecule has 0 aliphatic rings. The molecule has 0 saturated carbocycles. The predicted octanol–water partition coefficient (Wildman–Crippen LogP) is 5.70. The van der Waals surface area contributed by atoms with E-state index in [9.17, 15) is 14.4 Å². The van der Waals surface area contributed by atoms with Gasteiger partial charge in [0, 0.05) is 6.20 Å². The van der Waals surface area contributed by atoms with Crippen LogP contribution in [-0.2, 0) is 32.0 Å². The zero-order chi connectivity index (χ0) is 27.8. The van der Waals surface area contributed by atoms with Gasteiger partial charge in [0.25, 0.3) is 0 Å². The third-order valence-electron chi connectivity index (χ3n) is 4.35. The van der Waals surface area contributed by atoms with Gasteiger partial charge in [0.15, 0.2) is 0 Å². The lowest BCUT2D eigenvalue weighted by molar-refractivity contribution is -0.147. The Morgan fingerprint density at radius 1 is 0.919 bits per heavy atom. The maximum atomic E-state index is 12.9. The monoisotopic (exact) mass is 554 g/mol. The van der Waals surface area contributed by atoms with Crippen LogP contribution in [0.25, 0.3) is 0 Å². The van der Waals surface area contributed by atoms with Crippen molar-refractivity contribution in [1.82, 2.24) is 15.3 Å². The van der Waals surface area contributed by atoms with Gasteiger partial charge < -0.3 is 19.5 Å². The first-order valence-electron chi connectivity index (χ1n) is 11.5. The van der Waals surface area contributed by atoms with Crippen molar-refractivity contribution in [3.8, 4) is 0 Å². The fraction of sp³-hybridized carbons (Fsp3) is 0.480. The second-order valence-electron chi connectivity index (χ2n) is 10.1. The van der Waals surface area contributed by atoms with Crippen molar-refractivity contribution in [2.75, 3.05) is 5.32 Å². The van der Waals surface area contributed by atoms with Gasteiger partial charge in [-0.3, -0.25) is 5.32 Å². The number of alkyl carbamates (subject to hydrolysis) is 1. The zero-order valence-corrected chi connectivity index (χ0v) is 23.2. The summed E-state index contributed by atoms with van der Waals surface area (Å²) in [6.45, 7) is 10.3. The summed E-state index contributed by atoms with van der Waals surface area (Å²) < 4.78 is 15.9. The van der Waals surface area contributed by atoms with Gasteiger partial charge in [-0.15, -0.1) is 0 Å². The number of aromatic nitrogens is 2. The largest absolute Gasteiger partial charge is 0.459 e. The van der Waals surface area contributed by atoms with Crippen LogP contribution in [0.4, 0.5) is 15.4 Å². The highest BCUT2D eigenvalue weighted by Crippen LogP contribution is 2.17. The SMILES string of the molecule is CC(C)(C)OC(=O)Nc1cc(CC[C@H](NC(=O)OC(C)(C)C)C(=O)OCc2cc(Cl)nc(Cl)c2)ccn1. The quantitative estimate of drug-likeness (QED) is 0.241. The molecule has 2 N–H and O–H groups in total. The Bertz CT molecular complexity index is 1090. The Morgan fingerprint density at radius 2 is 1.51 bits per heavy atom. The fourth-order valence-corrected chi connectivity index (χ4v) is 3.47. The maximum Gasteiger partial charge on any atom is 0.413 e. The second-order valence-corrected chi connectivity index (χ2v) is 10.9. The Balaban J connectivity index is 2.08. The van der Waals surface area contributed by atoms with E-state index in [-0.39, 0.29) is 29.2 Å². The number of pyridine rings is 2. The molecular weight excluding hydrogens is 523 g/mol. The molecule has 12 heteroatoms. The molecule has 37 heavy (non-hydrogen) atoms. The average molecular weight is 555 g/mol. The molecular formula is C25H32Cl2N4O6. The lowest BCUT2D eigenvalue weighted by atomic mass is 10.1. The van der Waals surface area contributed by atoms with Crippen molar-refractivity contribution in [2.24, 2.45) is 0 Å². The van der Waals surface area contributed by atoms with E-state index in [1.165, 1.54) is 18.3 Å². The highest BCUT2D eigenvalue weighted by molar-refractivity contribution is 6.32. The molecule has 0 saturated heterocycles. The minimum absolute atomic E-state index is 0.119. The number of nitrogens with one attached hydrogen (secondary N) is 2. The lowest BCUT2D eigenvalue weighted by Gasteiger charge is -2.23. The third-order valence-corrected chi connectivity index (χ3v) is 4.74. The first-order chi connectivity index (χ1) is 17.1. The summed E-state index contributed by atoms with van der Waals surface area (Å²) in [5.41, 5.74) is -0.106. The number of hydrogen-bond donors (Lipinski definition) is 2. The first-order valence-corrected chi connectivity index (χ1v) is 12.3. The molecule has 2 heterocycles. The summed E-state index contributed by atoms with van der Waals surface area (Å²) in [7, 11) is 0. The minimum atomic E-state index is -1.02. The Morgan fingerprint density at radius 3 is 2.11 bits per heavy atom. The average Bonchev–Trinajstić information content (AvgIpc) is 2.72. The van der Waals surface area contributed by atoms with Gasteiger partial charge in [0.05, 0.1) is 0 Å². The van der Waals surface area contributed by atoms with Crippen molar-refractivity contribution in [2.45, 2.75) is 78.2 Å². The van der Waals surface area contributed by atoms with Gasteiger partial charge in [0.2, 0.25) is 0 Å². The van der Waals surface area contributed by atoms with E-state index in [0.717, 1.165) is 5.56 Å². The van der Waals surface area contributed by atoms with Crippen LogP contribution in [-0.4, -0.2) is 45.4 Å². The summed E-state index contributed by atoms with van der Waals surface area (Å²) in [4.78, 5) is 45.3. The normalized spacial score (nSPS) is 12.3. The second kappa shape index (κ2) is 12.9. The van der Waals surface area contributed by atoms with Crippen LogP contribution in [0.2, 0.25) is 10.3 Å². The molecule has 2 aromatic heterocycles. The van der Waals surface area contributed by atoms with Gasteiger partial charge in [0.1, 0.15) is 40.0 Å². The molecule has 0 aromatic carbocycles. The molecule has 0 aliphatic carbocycles. The number of ether oxygens (including phenoxy) is 3. The van der Waals surface area contributed by atoms with E-state index >= 15 is 0 Å².